The van der Waals surface area contributed by atoms with Crippen molar-refractivity contribution in [3.63, 3.8) is 0 Å². The summed E-state index contributed by atoms with van der Waals surface area (Å²) >= 11 is 1.81. The number of hydrogen-bond donors (Lipinski definition) is 2. The molecule has 6 heteroatoms. The average molecular weight is 239 g/mol. The van der Waals surface area contributed by atoms with Crippen molar-refractivity contribution in [1.29, 1.82) is 0 Å². The summed E-state index contributed by atoms with van der Waals surface area (Å²) in [5, 5.41) is 8.44. The van der Waals surface area contributed by atoms with E-state index in [1.807, 2.05) is 11.8 Å². The number of sulfonamides is 1. The predicted octanol–water partition coefficient (Wildman–Crippen LogP) is 0.182. The maximum atomic E-state index is 11.4. The zero-order chi connectivity index (χ0) is 10.6. The van der Waals surface area contributed by atoms with Crippen LogP contribution in [0.3, 0.4) is 0 Å². The molecule has 14 heavy (non-hydrogen) atoms. The van der Waals surface area contributed by atoms with Gasteiger partial charge in [0.25, 0.3) is 0 Å². The fourth-order valence-electron chi connectivity index (χ4n) is 1.25. The van der Waals surface area contributed by atoms with Gasteiger partial charge in [0.2, 0.25) is 10.0 Å². The van der Waals surface area contributed by atoms with Gasteiger partial charge in [0.1, 0.15) is 0 Å². The van der Waals surface area contributed by atoms with Crippen LogP contribution < -0.4 is 4.72 Å². The topological polar surface area (TPSA) is 66.4 Å². The highest BCUT2D eigenvalue weighted by Crippen LogP contribution is 2.25. The van der Waals surface area contributed by atoms with Crippen LogP contribution in [-0.2, 0) is 10.0 Å². The van der Waals surface area contributed by atoms with Gasteiger partial charge in [-0.25, -0.2) is 13.1 Å². The Balaban J connectivity index is 2.35. The second-order valence-corrected chi connectivity index (χ2v) is 7.11. The van der Waals surface area contributed by atoms with E-state index in [1.54, 1.807) is 0 Å². The Morgan fingerprint density at radius 1 is 1.64 bits per heavy atom. The summed E-state index contributed by atoms with van der Waals surface area (Å²) in [4.78, 5) is 0. The van der Waals surface area contributed by atoms with Crippen LogP contribution in [0.2, 0.25) is 0 Å². The third kappa shape index (κ3) is 3.42. The molecular weight excluding hydrogens is 222 g/mol. The molecule has 0 bridgehead atoms. The van der Waals surface area contributed by atoms with Crippen LogP contribution in [-0.4, -0.2) is 42.9 Å². The van der Waals surface area contributed by atoms with Crippen LogP contribution in [0.1, 0.15) is 19.8 Å². The van der Waals surface area contributed by atoms with E-state index in [9.17, 15) is 8.42 Å². The van der Waals surface area contributed by atoms with Gasteiger partial charge >= 0.3 is 0 Å². The molecule has 2 unspecified atom stereocenters. The van der Waals surface area contributed by atoms with Crippen molar-refractivity contribution in [2.75, 3.05) is 18.9 Å². The largest absolute Gasteiger partial charge is 0.395 e. The third-order valence-corrected chi connectivity index (χ3v) is 5.50. The molecular formula is C8H17NO3S2. The van der Waals surface area contributed by atoms with E-state index in [-0.39, 0.29) is 6.61 Å². The van der Waals surface area contributed by atoms with E-state index in [0.717, 1.165) is 12.2 Å². The van der Waals surface area contributed by atoms with Gasteiger partial charge in [0, 0.05) is 11.8 Å². The number of nitrogens with one attached hydrogen (secondary N) is 1. The minimum Gasteiger partial charge on any atom is -0.395 e. The molecule has 2 N–H and O–H groups in total. The summed E-state index contributed by atoms with van der Waals surface area (Å²) in [6.45, 7) is 1.68. The van der Waals surface area contributed by atoms with E-state index in [2.05, 4.69) is 4.72 Å². The van der Waals surface area contributed by atoms with E-state index in [0.29, 0.717) is 11.8 Å². The molecule has 0 aromatic heterocycles. The number of aliphatic hydroxyl groups excluding tert-OH is 1. The summed E-state index contributed by atoms with van der Waals surface area (Å²) < 4.78 is 25.4. The molecule has 1 heterocycles. The first-order valence-electron chi connectivity index (χ1n) is 4.77. The highest BCUT2D eigenvalue weighted by Gasteiger charge is 2.22. The van der Waals surface area contributed by atoms with Gasteiger partial charge in [0.05, 0.1) is 11.9 Å². The summed E-state index contributed by atoms with van der Waals surface area (Å²) in [5.41, 5.74) is 0. The molecule has 1 fully saturated rings. The quantitative estimate of drug-likeness (QED) is 0.718. The molecule has 1 saturated heterocycles. The lowest BCUT2D eigenvalue weighted by atomic mass is 10.2. The van der Waals surface area contributed by atoms with Crippen LogP contribution >= 0.6 is 11.8 Å². The highest BCUT2D eigenvalue weighted by atomic mass is 32.2. The van der Waals surface area contributed by atoms with Crippen molar-refractivity contribution in [3.05, 3.63) is 0 Å². The van der Waals surface area contributed by atoms with Crippen LogP contribution in [0.15, 0.2) is 0 Å². The van der Waals surface area contributed by atoms with Crippen molar-refractivity contribution in [2.24, 2.45) is 0 Å². The number of thioether (sulfide) groups is 1. The molecule has 0 aliphatic carbocycles. The van der Waals surface area contributed by atoms with E-state index >= 15 is 0 Å². The molecule has 4 nitrogen and oxygen atoms in total. The number of rotatable bonds is 5. The van der Waals surface area contributed by atoms with Crippen molar-refractivity contribution in [3.8, 4) is 0 Å². The minimum atomic E-state index is -3.31. The Hall–Kier alpha value is 0.220. The molecule has 1 aliphatic heterocycles. The monoisotopic (exact) mass is 239 g/mol. The Morgan fingerprint density at radius 3 is 2.86 bits per heavy atom. The average Bonchev–Trinajstić information content (AvgIpc) is 2.66. The van der Waals surface area contributed by atoms with Crippen LogP contribution in [0, 0.1) is 0 Å². The Kier molecular flexibility index (Phi) is 4.69. The van der Waals surface area contributed by atoms with Crippen molar-refractivity contribution in [1.82, 2.24) is 4.72 Å². The van der Waals surface area contributed by atoms with Crippen LogP contribution in [0.25, 0.3) is 0 Å². The summed E-state index contributed by atoms with van der Waals surface area (Å²) in [5.74, 6) is 1.13. The van der Waals surface area contributed by atoms with Crippen LogP contribution in [0.5, 0.6) is 0 Å². The lowest BCUT2D eigenvalue weighted by Gasteiger charge is -2.13. The van der Waals surface area contributed by atoms with Gasteiger partial charge < -0.3 is 5.11 Å². The lowest BCUT2D eigenvalue weighted by molar-refractivity contribution is 0.295. The molecule has 0 aromatic carbocycles. The van der Waals surface area contributed by atoms with Gasteiger partial charge in [-0.2, -0.15) is 11.8 Å². The van der Waals surface area contributed by atoms with E-state index < -0.39 is 15.3 Å². The summed E-state index contributed by atoms with van der Waals surface area (Å²) in [7, 11) is -3.31. The first-order chi connectivity index (χ1) is 6.56. The van der Waals surface area contributed by atoms with Gasteiger partial charge in [-0.15, -0.1) is 0 Å². The van der Waals surface area contributed by atoms with Crippen LogP contribution in [0.4, 0.5) is 0 Å². The molecule has 2 atom stereocenters. The molecule has 0 saturated carbocycles. The van der Waals surface area contributed by atoms with Gasteiger partial charge in [-0.1, -0.05) is 0 Å². The minimum absolute atomic E-state index is 0.326. The van der Waals surface area contributed by atoms with Crippen molar-refractivity contribution in [2.45, 2.75) is 30.3 Å². The van der Waals surface area contributed by atoms with Crippen molar-refractivity contribution >= 4 is 21.8 Å². The lowest BCUT2D eigenvalue weighted by Crippen LogP contribution is -2.37. The molecule has 0 spiro atoms. The normalized spacial score (nSPS) is 25.1. The van der Waals surface area contributed by atoms with Gasteiger partial charge in [0.15, 0.2) is 0 Å². The summed E-state index contributed by atoms with van der Waals surface area (Å²) in [6, 6.07) is 0. The fourth-order valence-corrected chi connectivity index (χ4v) is 3.48. The Morgan fingerprint density at radius 2 is 2.36 bits per heavy atom. The van der Waals surface area contributed by atoms with E-state index in [1.165, 1.54) is 13.3 Å². The van der Waals surface area contributed by atoms with E-state index in [4.69, 9.17) is 5.11 Å². The molecule has 0 amide bonds. The molecule has 1 aliphatic rings. The smallest absolute Gasteiger partial charge is 0.216 e. The third-order valence-electron chi connectivity index (χ3n) is 2.32. The first kappa shape index (κ1) is 12.3. The second-order valence-electron chi connectivity index (χ2n) is 3.52. The number of aliphatic hydroxyl groups is 1. The Labute approximate surface area is 89.5 Å². The highest BCUT2D eigenvalue weighted by molar-refractivity contribution is 8.00. The van der Waals surface area contributed by atoms with Gasteiger partial charge in [-0.05, 0) is 25.5 Å². The Bertz CT molecular complexity index is 260. The number of hydrogen-bond acceptors (Lipinski definition) is 4. The maximum absolute atomic E-state index is 11.4. The molecule has 0 aromatic rings. The first-order valence-corrected chi connectivity index (χ1v) is 7.36. The standard InChI is InChI=1S/C8H17NO3S2/c1-7(6-10)14(11,12)9-5-8-3-2-4-13-8/h7-10H,2-6H2,1H3. The predicted molar refractivity (Wildman–Crippen MR) is 59.0 cm³/mol. The molecule has 1 rings (SSSR count). The van der Waals surface area contributed by atoms with Gasteiger partial charge in [-0.3, -0.25) is 0 Å². The zero-order valence-electron chi connectivity index (χ0n) is 8.27. The summed E-state index contributed by atoms with van der Waals surface area (Å²) in [6.07, 6.45) is 2.26. The maximum Gasteiger partial charge on any atom is 0.216 e. The van der Waals surface area contributed by atoms with Crippen molar-refractivity contribution < 1.29 is 13.5 Å². The fraction of sp³-hybridized carbons (Fsp3) is 1.00. The second kappa shape index (κ2) is 5.34. The molecule has 84 valence electrons. The SMILES string of the molecule is CC(CO)S(=O)(=O)NCC1CCCS1. The zero-order valence-corrected chi connectivity index (χ0v) is 9.90. The molecule has 0 radical (unpaired) electrons.